The minimum absolute atomic E-state index is 0.0232. The Bertz CT molecular complexity index is 795. The standard InChI is InChI=1S/C21H25FN2O3/c1-24(2)18(16-10-11-19-20(12-16)27-14-26-19)13-23-21(25)9-5-7-15-6-3-4-8-17(15)22/h3-4,6,8,10-12,18H,5,7,9,13-14H2,1-2H3,(H,23,25). The first-order valence-corrected chi connectivity index (χ1v) is 9.10. The van der Waals surface area contributed by atoms with Crippen molar-refractivity contribution in [2.75, 3.05) is 27.4 Å². The average Bonchev–Trinajstić information content (AvgIpc) is 3.11. The van der Waals surface area contributed by atoms with Crippen LogP contribution in [0, 0.1) is 5.82 Å². The van der Waals surface area contributed by atoms with Gasteiger partial charge in [0, 0.05) is 13.0 Å². The van der Waals surface area contributed by atoms with Crippen LogP contribution in [0.4, 0.5) is 4.39 Å². The molecule has 0 fully saturated rings. The maximum atomic E-state index is 13.6. The van der Waals surface area contributed by atoms with E-state index in [0.717, 1.165) is 17.1 Å². The number of carbonyl (C=O) groups is 1. The van der Waals surface area contributed by atoms with E-state index in [1.165, 1.54) is 6.07 Å². The van der Waals surface area contributed by atoms with Crippen LogP contribution in [0.2, 0.25) is 0 Å². The third-order valence-electron chi connectivity index (χ3n) is 4.71. The van der Waals surface area contributed by atoms with Crippen LogP contribution in [0.25, 0.3) is 0 Å². The smallest absolute Gasteiger partial charge is 0.231 e. The van der Waals surface area contributed by atoms with E-state index in [9.17, 15) is 9.18 Å². The summed E-state index contributed by atoms with van der Waals surface area (Å²) in [6, 6.07) is 12.5. The summed E-state index contributed by atoms with van der Waals surface area (Å²) in [4.78, 5) is 14.2. The summed E-state index contributed by atoms with van der Waals surface area (Å²) in [5.74, 6) is 1.23. The molecule has 1 aliphatic heterocycles. The first-order chi connectivity index (χ1) is 13.0. The molecule has 1 N–H and O–H groups in total. The minimum Gasteiger partial charge on any atom is -0.454 e. The van der Waals surface area contributed by atoms with Gasteiger partial charge in [-0.3, -0.25) is 4.79 Å². The molecule has 0 saturated heterocycles. The molecule has 0 bridgehead atoms. The number of ether oxygens (including phenoxy) is 2. The maximum absolute atomic E-state index is 13.6. The Kier molecular flexibility index (Phi) is 6.29. The fourth-order valence-electron chi connectivity index (χ4n) is 3.16. The summed E-state index contributed by atoms with van der Waals surface area (Å²) in [7, 11) is 3.94. The summed E-state index contributed by atoms with van der Waals surface area (Å²) >= 11 is 0. The van der Waals surface area contributed by atoms with Crippen molar-refractivity contribution in [3.8, 4) is 11.5 Å². The van der Waals surface area contributed by atoms with Crippen molar-refractivity contribution in [2.24, 2.45) is 0 Å². The van der Waals surface area contributed by atoms with Crippen LogP contribution in [0.1, 0.15) is 30.0 Å². The van der Waals surface area contributed by atoms with E-state index in [0.29, 0.717) is 31.4 Å². The Morgan fingerprint density at radius 3 is 2.74 bits per heavy atom. The molecule has 144 valence electrons. The van der Waals surface area contributed by atoms with Gasteiger partial charge in [-0.25, -0.2) is 4.39 Å². The summed E-state index contributed by atoms with van der Waals surface area (Å²) in [6.45, 7) is 0.731. The predicted octanol–water partition coefficient (Wildman–Crippen LogP) is 3.30. The van der Waals surface area contributed by atoms with Crippen LogP contribution in [-0.4, -0.2) is 38.2 Å². The Balaban J connectivity index is 1.50. The lowest BCUT2D eigenvalue weighted by atomic mass is 10.0. The summed E-state index contributed by atoms with van der Waals surface area (Å²) in [6.07, 6.45) is 1.54. The number of carbonyl (C=O) groups excluding carboxylic acids is 1. The Labute approximate surface area is 159 Å². The van der Waals surface area contributed by atoms with Crippen LogP contribution in [0.15, 0.2) is 42.5 Å². The molecule has 1 amide bonds. The quantitative estimate of drug-likeness (QED) is 0.773. The number of hydrogen-bond acceptors (Lipinski definition) is 4. The van der Waals surface area contributed by atoms with E-state index in [1.807, 2.05) is 38.4 Å². The predicted molar refractivity (Wildman–Crippen MR) is 101 cm³/mol. The number of amides is 1. The topological polar surface area (TPSA) is 50.8 Å². The third-order valence-corrected chi connectivity index (χ3v) is 4.71. The molecule has 0 saturated carbocycles. The van der Waals surface area contributed by atoms with Crippen molar-refractivity contribution in [3.05, 3.63) is 59.4 Å². The second-order valence-electron chi connectivity index (χ2n) is 6.84. The lowest BCUT2D eigenvalue weighted by Crippen LogP contribution is -2.34. The largest absolute Gasteiger partial charge is 0.454 e. The Morgan fingerprint density at radius 1 is 1.19 bits per heavy atom. The van der Waals surface area contributed by atoms with E-state index in [4.69, 9.17) is 9.47 Å². The van der Waals surface area contributed by atoms with Crippen LogP contribution >= 0.6 is 0 Å². The fraction of sp³-hybridized carbons (Fsp3) is 0.381. The molecular weight excluding hydrogens is 347 g/mol. The second-order valence-corrected chi connectivity index (χ2v) is 6.84. The molecule has 3 rings (SSSR count). The second kappa shape index (κ2) is 8.86. The highest BCUT2D eigenvalue weighted by Crippen LogP contribution is 2.34. The molecule has 1 aliphatic rings. The zero-order valence-electron chi connectivity index (χ0n) is 15.7. The molecule has 0 aromatic heterocycles. The lowest BCUT2D eigenvalue weighted by molar-refractivity contribution is -0.121. The number of hydrogen-bond donors (Lipinski definition) is 1. The van der Waals surface area contributed by atoms with Gasteiger partial charge in [0.2, 0.25) is 12.7 Å². The van der Waals surface area contributed by atoms with E-state index in [-0.39, 0.29) is 24.6 Å². The average molecular weight is 372 g/mol. The molecule has 2 aromatic carbocycles. The van der Waals surface area contributed by atoms with E-state index in [1.54, 1.807) is 12.1 Å². The van der Waals surface area contributed by atoms with Gasteiger partial charge in [0.1, 0.15) is 5.82 Å². The van der Waals surface area contributed by atoms with Crippen LogP contribution in [0.3, 0.4) is 0 Å². The van der Waals surface area contributed by atoms with Crippen molar-refractivity contribution >= 4 is 5.91 Å². The molecule has 0 radical (unpaired) electrons. The van der Waals surface area contributed by atoms with Gasteiger partial charge in [0.25, 0.3) is 0 Å². The summed E-state index contributed by atoms with van der Waals surface area (Å²) < 4.78 is 24.4. The molecule has 1 heterocycles. The van der Waals surface area contributed by atoms with E-state index in [2.05, 4.69) is 10.2 Å². The van der Waals surface area contributed by atoms with Crippen molar-refractivity contribution < 1.29 is 18.7 Å². The zero-order chi connectivity index (χ0) is 19.2. The monoisotopic (exact) mass is 372 g/mol. The zero-order valence-corrected chi connectivity index (χ0v) is 15.7. The maximum Gasteiger partial charge on any atom is 0.231 e. The highest BCUT2D eigenvalue weighted by molar-refractivity contribution is 5.75. The molecule has 0 spiro atoms. The number of nitrogens with one attached hydrogen (secondary N) is 1. The van der Waals surface area contributed by atoms with Crippen LogP contribution in [-0.2, 0) is 11.2 Å². The first-order valence-electron chi connectivity index (χ1n) is 9.10. The number of benzene rings is 2. The van der Waals surface area contributed by atoms with Crippen molar-refractivity contribution in [1.29, 1.82) is 0 Å². The molecule has 0 aliphatic carbocycles. The van der Waals surface area contributed by atoms with Gasteiger partial charge in [-0.05, 0) is 56.3 Å². The highest BCUT2D eigenvalue weighted by Gasteiger charge is 2.20. The Hall–Kier alpha value is -2.60. The van der Waals surface area contributed by atoms with Gasteiger partial charge in [-0.2, -0.15) is 0 Å². The Morgan fingerprint density at radius 2 is 1.96 bits per heavy atom. The lowest BCUT2D eigenvalue weighted by Gasteiger charge is -2.25. The van der Waals surface area contributed by atoms with E-state index < -0.39 is 0 Å². The van der Waals surface area contributed by atoms with Gasteiger partial charge in [0.15, 0.2) is 11.5 Å². The van der Waals surface area contributed by atoms with Crippen LogP contribution in [0.5, 0.6) is 11.5 Å². The molecule has 2 aromatic rings. The summed E-state index contributed by atoms with van der Waals surface area (Å²) in [5.41, 5.74) is 1.70. The molecule has 6 heteroatoms. The molecule has 1 unspecified atom stereocenters. The van der Waals surface area contributed by atoms with E-state index >= 15 is 0 Å². The highest BCUT2D eigenvalue weighted by atomic mass is 19.1. The number of rotatable bonds is 8. The summed E-state index contributed by atoms with van der Waals surface area (Å²) in [5, 5.41) is 2.98. The van der Waals surface area contributed by atoms with Gasteiger partial charge in [-0.15, -0.1) is 0 Å². The first kappa shape index (κ1) is 19.2. The molecule has 27 heavy (non-hydrogen) atoms. The number of fused-ring (bicyclic) bond motifs is 1. The number of halogens is 1. The SMILES string of the molecule is CN(C)C(CNC(=O)CCCc1ccccc1F)c1ccc2c(c1)OCO2. The van der Waals surface area contributed by atoms with Gasteiger partial charge in [-0.1, -0.05) is 24.3 Å². The van der Waals surface area contributed by atoms with Crippen LogP contribution < -0.4 is 14.8 Å². The van der Waals surface area contributed by atoms with Crippen molar-refractivity contribution in [2.45, 2.75) is 25.3 Å². The van der Waals surface area contributed by atoms with Gasteiger partial charge < -0.3 is 19.7 Å². The molecule has 5 nitrogen and oxygen atoms in total. The number of likely N-dealkylation sites (N-methyl/N-ethyl adjacent to an activating group) is 1. The number of nitrogens with zero attached hydrogens (tertiary/aromatic N) is 1. The minimum atomic E-state index is -0.214. The number of aryl methyl sites for hydroxylation is 1. The fourth-order valence-corrected chi connectivity index (χ4v) is 3.16. The molecule has 1 atom stereocenters. The van der Waals surface area contributed by atoms with Crippen molar-refractivity contribution in [1.82, 2.24) is 10.2 Å². The van der Waals surface area contributed by atoms with Crippen molar-refractivity contribution in [3.63, 3.8) is 0 Å². The van der Waals surface area contributed by atoms with Gasteiger partial charge in [0.05, 0.1) is 6.04 Å². The normalized spacial score (nSPS) is 13.6. The third kappa shape index (κ3) is 4.98. The van der Waals surface area contributed by atoms with Gasteiger partial charge >= 0.3 is 0 Å². The molecular formula is C21H25FN2O3.